The fraction of sp³-hybridized carbons (Fsp3) is 0.294. The average molecular weight is 282 g/mol. The molecule has 0 aliphatic rings. The maximum atomic E-state index is 12.3. The lowest BCUT2D eigenvalue weighted by Gasteiger charge is -2.17. The van der Waals surface area contributed by atoms with Gasteiger partial charge in [0.25, 0.3) is 5.56 Å². The molecule has 0 aliphatic carbocycles. The molecule has 0 fully saturated rings. The molecule has 0 saturated heterocycles. The number of ether oxygens (including phenoxy) is 1. The highest BCUT2D eigenvalue weighted by Crippen LogP contribution is 2.30. The van der Waals surface area contributed by atoms with Crippen LogP contribution in [0.4, 0.5) is 0 Å². The quantitative estimate of drug-likeness (QED) is 0.865. The fourth-order valence-electron chi connectivity index (χ4n) is 2.25. The summed E-state index contributed by atoms with van der Waals surface area (Å²) in [4.78, 5) is 12.3. The molecule has 0 aliphatic heterocycles. The predicted octanol–water partition coefficient (Wildman–Crippen LogP) is 3.19. The number of aromatic nitrogens is 1. The molecule has 0 unspecified atom stereocenters. The number of nitrogens with zero attached hydrogens (tertiary/aromatic N) is 2. The number of benzene rings is 1. The van der Waals surface area contributed by atoms with Crippen LogP contribution in [0.3, 0.4) is 0 Å². The van der Waals surface area contributed by atoms with E-state index >= 15 is 0 Å². The number of para-hydroxylation sites is 1. The molecular weight excluding hydrogens is 264 g/mol. The van der Waals surface area contributed by atoms with Gasteiger partial charge < -0.3 is 9.30 Å². The lowest BCUT2D eigenvalue weighted by molar-refractivity contribution is 0.243. The van der Waals surface area contributed by atoms with Gasteiger partial charge in [-0.25, -0.2) is 0 Å². The first kappa shape index (κ1) is 14.9. The largest absolute Gasteiger partial charge is 0.490 e. The minimum atomic E-state index is -0.267. The van der Waals surface area contributed by atoms with E-state index < -0.39 is 0 Å². The van der Waals surface area contributed by atoms with Gasteiger partial charge in [-0.15, -0.1) is 0 Å². The lowest BCUT2D eigenvalue weighted by atomic mass is 10.1. The zero-order valence-electron chi connectivity index (χ0n) is 12.5. The average Bonchev–Trinajstić information content (AvgIpc) is 2.47. The summed E-state index contributed by atoms with van der Waals surface area (Å²) in [6, 6.07) is 12.9. The summed E-state index contributed by atoms with van der Waals surface area (Å²) >= 11 is 0. The van der Waals surface area contributed by atoms with Gasteiger partial charge in [0.1, 0.15) is 17.4 Å². The van der Waals surface area contributed by atoms with Gasteiger partial charge in [0.2, 0.25) is 0 Å². The summed E-state index contributed by atoms with van der Waals surface area (Å²) in [7, 11) is 0. The van der Waals surface area contributed by atoms with Gasteiger partial charge in [0, 0.05) is 12.1 Å². The number of hydrogen-bond donors (Lipinski definition) is 0. The van der Waals surface area contributed by atoms with Crippen LogP contribution in [0.1, 0.15) is 26.3 Å². The molecule has 1 aromatic heterocycles. The van der Waals surface area contributed by atoms with Crippen molar-refractivity contribution in [2.75, 3.05) is 0 Å². The molecule has 2 rings (SSSR count). The van der Waals surface area contributed by atoms with Crippen molar-refractivity contribution in [3.05, 3.63) is 52.3 Å². The summed E-state index contributed by atoms with van der Waals surface area (Å²) in [5.74, 6) is 0.735. The van der Waals surface area contributed by atoms with Crippen molar-refractivity contribution in [1.29, 1.82) is 5.26 Å². The molecule has 0 spiro atoms. The lowest BCUT2D eigenvalue weighted by Crippen LogP contribution is -2.23. The molecule has 2 aromatic rings. The van der Waals surface area contributed by atoms with Crippen LogP contribution in [0.25, 0.3) is 11.3 Å². The summed E-state index contributed by atoms with van der Waals surface area (Å²) in [6.07, 6.45) is 0.0475. The second-order valence-corrected chi connectivity index (χ2v) is 4.96. The summed E-state index contributed by atoms with van der Waals surface area (Å²) in [5, 5.41) is 8.99. The standard InChI is InChI=1S/C17H18N2O2/c1-4-19-15(10-9-13(11-18)17(19)20)14-7-5-6-8-16(14)21-12(2)3/h5-10,12H,4H2,1-3H3. The van der Waals surface area contributed by atoms with Crippen molar-refractivity contribution in [3.8, 4) is 23.1 Å². The normalized spacial score (nSPS) is 10.4. The van der Waals surface area contributed by atoms with Crippen LogP contribution in [-0.4, -0.2) is 10.7 Å². The molecule has 0 N–H and O–H groups in total. The van der Waals surface area contributed by atoms with E-state index in [0.29, 0.717) is 6.54 Å². The Bertz CT molecular complexity index is 739. The van der Waals surface area contributed by atoms with E-state index in [4.69, 9.17) is 10.00 Å². The van der Waals surface area contributed by atoms with Crippen molar-refractivity contribution < 1.29 is 4.74 Å². The highest BCUT2D eigenvalue weighted by atomic mass is 16.5. The molecule has 108 valence electrons. The summed E-state index contributed by atoms with van der Waals surface area (Å²) in [6.45, 7) is 6.31. The maximum absolute atomic E-state index is 12.3. The predicted molar refractivity (Wildman–Crippen MR) is 82.3 cm³/mol. The van der Waals surface area contributed by atoms with Gasteiger partial charge in [-0.05, 0) is 45.0 Å². The monoisotopic (exact) mass is 282 g/mol. The van der Waals surface area contributed by atoms with Gasteiger partial charge >= 0.3 is 0 Å². The molecule has 0 saturated carbocycles. The Morgan fingerprint density at radius 2 is 1.95 bits per heavy atom. The van der Waals surface area contributed by atoms with Gasteiger partial charge in [-0.2, -0.15) is 5.26 Å². The molecule has 0 atom stereocenters. The van der Waals surface area contributed by atoms with E-state index in [1.807, 2.05) is 51.1 Å². The molecule has 21 heavy (non-hydrogen) atoms. The van der Waals surface area contributed by atoms with E-state index in [2.05, 4.69) is 0 Å². The second kappa shape index (κ2) is 6.27. The zero-order chi connectivity index (χ0) is 15.4. The molecule has 0 amide bonds. The summed E-state index contributed by atoms with van der Waals surface area (Å²) in [5.41, 5.74) is 1.51. The smallest absolute Gasteiger partial charge is 0.268 e. The van der Waals surface area contributed by atoms with Crippen LogP contribution in [0.2, 0.25) is 0 Å². The molecule has 0 bridgehead atoms. The van der Waals surface area contributed by atoms with Crippen LogP contribution in [-0.2, 0) is 6.54 Å². The molecule has 1 heterocycles. The van der Waals surface area contributed by atoms with E-state index in [1.54, 1.807) is 16.7 Å². The Hall–Kier alpha value is -2.54. The SMILES string of the molecule is CCn1c(-c2ccccc2OC(C)C)ccc(C#N)c1=O. The van der Waals surface area contributed by atoms with Gasteiger partial charge in [-0.1, -0.05) is 12.1 Å². The second-order valence-electron chi connectivity index (χ2n) is 4.96. The Kier molecular flexibility index (Phi) is 4.44. The first-order chi connectivity index (χ1) is 10.1. The first-order valence-corrected chi connectivity index (χ1v) is 6.98. The van der Waals surface area contributed by atoms with Gasteiger partial charge in [-0.3, -0.25) is 4.79 Å². The fourth-order valence-corrected chi connectivity index (χ4v) is 2.25. The molecule has 4 heteroatoms. The Labute approximate surface area is 124 Å². The Morgan fingerprint density at radius 1 is 1.24 bits per heavy atom. The maximum Gasteiger partial charge on any atom is 0.268 e. The number of nitriles is 1. The van der Waals surface area contributed by atoms with Crippen LogP contribution < -0.4 is 10.3 Å². The van der Waals surface area contributed by atoms with E-state index in [0.717, 1.165) is 17.0 Å². The molecular formula is C17H18N2O2. The van der Waals surface area contributed by atoms with E-state index in [-0.39, 0.29) is 17.2 Å². The molecule has 0 radical (unpaired) electrons. The highest BCUT2D eigenvalue weighted by Gasteiger charge is 2.13. The number of rotatable bonds is 4. The van der Waals surface area contributed by atoms with E-state index in [9.17, 15) is 4.79 Å². The van der Waals surface area contributed by atoms with Crippen LogP contribution in [0.15, 0.2) is 41.2 Å². The topological polar surface area (TPSA) is 55.0 Å². The van der Waals surface area contributed by atoms with Crippen molar-refractivity contribution in [2.24, 2.45) is 0 Å². The Balaban J connectivity index is 2.66. The Morgan fingerprint density at radius 3 is 2.57 bits per heavy atom. The van der Waals surface area contributed by atoms with E-state index in [1.165, 1.54) is 0 Å². The van der Waals surface area contributed by atoms with Gasteiger partial charge in [0.15, 0.2) is 0 Å². The third-order valence-electron chi connectivity index (χ3n) is 3.14. The van der Waals surface area contributed by atoms with Crippen molar-refractivity contribution >= 4 is 0 Å². The van der Waals surface area contributed by atoms with Crippen LogP contribution in [0.5, 0.6) is 5.75 Å². The minimum Gasteiger partial charge on any atom is -0.490 e. The highest BCUT2D eigenvalue weighted by molar-refractivity contribution is 5.68. The van der Waals surface area contributed by atoms with Crippen LogP contribution >= 0.6 is 0 Å². The third-order valence-corrected chi connectivity index (χ3v) is 3.14. The van der Waals surface area contributed by atoms with Crippen molar-refractivity contribution in [3.63, 3.8) is 0 Å². The summed E-state index contributed by atoms with van der Waals surface area (Å²) < 4.78 is 7.41. The van der Waals surface area contributed by atoms with Gasteiger partial charge in [0.05, 0.1) is 11.8 Å². The molecule has 4 nitrogen and oxygen atoms in total. The van der Waals surface area contributed by atoms with Crippen molar-refractivity contribution in [1.82, 2.24) is 4.57 Å². The first-order valence-electron chi connectivity index (χ1n) is 6.98. The van der Waals surface area contributed by atoms with Crippen molar-refractivity contribution in [2.45, 2.75) is 33.4 Å². The molecule has 1 aromatic carbocycles. The minimum absolute atomic E-state index is 0.0475. The number of pyridine rings is 1. The number of hydrogen-bond acceptors (Lipinski definition) is 3. The van der Waals surface area contributed by atoms with Crippen LogP contribution in [0, 0.1) is 11.3 Å². The third kappa shape index (κ3) is 2.97. The zero-order valence-corrected chi connectivity index (χ0v) is 12.5.